The van der Waals surface area contributed by atoms with Gasteiger partial charge < -0.3 is 15.5 Å². The number of thioether (sulfide) groups is 1. The average molecular weight is 454 g/mol. The van der Waals surface area contributed by atoms with Crippen molar-refractivity contribution >= 4 is 41.7 Å². The van der Waals surface area contributed by atoms with Crippen molar-refractivity contribution < 1.29 is 0 Å². The van der Waals surface area contributed by atoms with Crippen molar-refractivity contribution in [1.82, 2.24) is 15.5 Å². The smallest absolute Gasteiger partial charge is 0.191 e. The van der Waals surface area contributed by atoms with E-state index < -0.39 is 0 Å². The van der Waals surface area contributed by atoms with Crippen LogP contribution in [0.2, 0.25) is 0 Å². The first-order chi connectivity index (χ1) is 10.6. The van der Waals surface area contributed by atoms with E-state index in [2.05, 4.69) is 46.1 Å². The van der Waals surface area contributed by atoms with E-state index in [9.17, 15) is 0 Å². The van der Waals surface area contributed by atoms with Crippen LogP contribution in [0.15, 0.2) is 4.99 Å². The zero-order valence-corrected chi connectivity index (χ0v) is 18.2. The molecule has 1 atom stereocenters. The fourth-order valence-electron chi connectivity index (χ4n) is 3.45. The van der Waals surface area contributed by atoms with Crippen molar-refractivity contribution in [2.75, 3.05) is 45.5 Å². The topological polar surface area (TPSA) is 39.7 Å². The lowest BCUT2D eigenvalue weighted by molar-refractivity contribution is 0.187. The Hall–Kier alpha value is 0.310. The molecule has 0 radical (unpaired) electrons. The van der Waals surface area contributed by atoms with Gasteiger partial charge in [-0.1, -0.05) is 6.92 Å². The summed E-state index contributed by atoms with van der Waals surface area (Å²) in [5.41, 5.74) is 0. The van der Waals surface area contributed by atoms with Gasteiger partial charge in [0.1, 0.15) is 0 Å². The predicted octanol–water partition coefficient (Wildman–Crippen LogP) is 3.18. The molecule has 1 unspecified atom stereocenters. The van der Waals surface area contributed by atoms with Gasteiger partial charge in [-0.25, -0.2) is 0 Å². The van der Waals surface area contributed by atoms with Crippen LogP contribution < -0.4 is 10.6 Å². The molecule has 2 aliphatic rings. The maximum Gasteiger partial charge on any atom is 0.191 e. The molecule has 0 aliphatic carbocycles. The van der Waals surface area contributed by atoms with E-state index in [4.69, 9.17) is 0 Å². The Morgan fingerprint density at radius 1 is 1.30 bits per heavy atom. The molecule has 0 saturated carbocycles. The Morgan fingerprint density at radius 3 is 2.61 bits per heavy atom. The normalized spacial score (nSPS) is 26.8. The van der Waals surface area contributed by atoms with Gasteiger partial charge in [0.15, 0.2) is 5.96 Å². The summed E-state index contributed by atoms with van der Waals surface area (Å²) in [6.45, 7) is 10.5. The zero-order chi connectivity index (χ0) is 15.8. The summed E-state index contributed by atoms with van der Waals surface area (Å²) in [5.74, 6) is 3.16. The largest absolute Gasteiger partial charge is 0.356 e. The first-order valence-corrected chi connectivity index (χ1v) is 9.94. The number of hydrogen-bond acceptors (Lipinski definition) is 3. The molecule has 0 bridgehead atoms. The summed E-state index contributed by atoms with van der Waals surface area (Å²) < 4.78 is 0.393. The first kappa shape index (κ1) is 21.4. The highest BCUT2D eigenvalue weighted by Gasteiger charge is 2.29. The number of likely N-dealkylation sites (tertiary alicyclic amines) is 1. The molecule has 23 heavy (non-hydrogen) atoms. The summed E-state index contributed by atoms with van der Waals surface area (Å²) in [6.07, 6.45) is 6.65. The van der Waals surface area contributed by atoms with Crippen molar-refractivity contribution in [3.63, 3.8) is 0 Å². The summed E-state index contributed by atoms with van der Waals surface area (Å²) in [4.78, 5) is 6.92. The number of nitrogens with one attached hydrogen (secondary N) is 2. The predicted molar refractivity (Wildman–Crippen MR) is 114 cm³/mol. The third-order valence-corrected chi connectivity index (χ3v) is 6.69. The standard InChI is InChI=1S/C17H34N4S.HI/c1-4-21-11-7-15(8-12-21)6-10-19-16(18-3)20-14-17(2)9-5-13-22-17;/h15H,4-14H2,1-3H3,(H2,18,19,20);1H. The molecule has 0 aromatic heterocycles. The Bertz CT molecular complexity index is 351. The maximum atomic E-state index is 4.37. The number of nitrogens with zero attached hydrogens (tertiary/aromatic N) is 2. The van der Waals surface area contributed by atoms with Crippen molar-refractivity contribution in [2.24, 2.45) is 10.9 Å². The second-order valence-electron chi connectivity index (χ2n) is 6.92. The minimum Gasteiger partial charge on any atom is -0.356 e. The van der Waals surface area contributed by atoms with Crippen LogP contribution in [-0.4, -0.2) is 61.1 Å². The van der Waals surface area contributed by atoms with Gasteiger partial charge in [0, 0.05) is 24.9 Å². The number of piperidine rings is 1. The minimum absolute atomic E-state index is 0. The SMILES string of the molecule is CCN1CCC(CCNC(=NC)NCC2(C)CCCS2)CC1.I. The molecule has 2 heterocycles. The fourth-order valence-corrected chi connectivity index (χ4v) is 4.70. The van der Waals surface area contributed by atoms with E-state index in [1.54, 1.807) is 0 Å². The van der Waals surface area contributed by atoms with Crippen molar-refractivity contribution in [2.45, 2.75) is 50.7 Å². The minimum atomic E-state index is 0. The Morgan fingerprint density at radius 2 is 2.04 bits per heavy atom. The van der Waals surface area contributed by atoms with Crippen LogP contribution in [0, 0.1) is 5.92 Å². The van der Waals surface area contributed by atoms with E-state index in [1.165, 1.54) is 57.5 Å². The number of aliphatic imine (C=N–C) groups is 1. The zero-order valence-electron chi connectivity index (χ0n) is 15.1. The summed E-state index contributed by atoms with van der Waals surface area (Å²) in [5, 5.41) is 7.01. The fraction of sp³-hybridized carbons (Fsp3) is 0.941. The summed E-state index contributed by atoms with van der Waals surface area (Å²) in [6, 6.07) is 0. The lowest BCUT2D eigenvalue weighted by Crippen LogP contribution is -2.44. The number of halogens is 1. The van der Waals surface area contributed by atoms with E-state index in [0.717, 1.165) is 25.0 Å². The third-order valence-electron chi connectivity index (χ3n) is 5.15. The molecule has 2 N–H and O–H groups in total. The molecule has 2 rings (SSSR count). The monoisotopic (exact) mass is 454 g/mol. The van der Waals surface area contributed by atoms with Crippen LogP contribution >= 0.6 is 35.7 Å². The molecule has 0 spiro atoms. The van der Waals surface area contributed by atoms with Crippen molar-refractivity contribution in [3.05, 3.63) is 0 Å². The summed E-state index contributed by atoms with van der Waals surface area (Å²) >= 11 is 2.10. The van der Waals surface area contributed by atoms with Gasteiger partial charge in [-0.2, -0.15) is 11.8 Å². The van der Waals surface area contributed by atoms with Gasteiger partial charge in [-0.05, 0) is 70.3 Å². The van der Waals surface area contributed by atoms with Gasteiger partial charge in [-0.15, -0.1) is 24.0 Å². The van der Waals surface area contributed by atoms with E-state index in [1.807, 2.05) is 7.05 Å². The van der Waals surface area contributed by atoms with Crippen LogP contribution in [0.5, 0.6) is 0 Å². The van der Waals surface area contributed by atoms with E-state index in [-0.39, 0.29) is 24.0 Å². The molecular formula is C17H35IN4S. The number of rotatable bonds is 6. The molecule has 2 fully saturated rings. The number of guanidine groups is 1. The molecule has 136 valence electrons. The second kappa shape index (κ2) is 11.0. The molecular weight excluding hydrogens is 419 g/mol. The second-order valence-corrected chi connectivity index (χ2v) is 8.60. The molecule has 0 aromatic rings. The molecule has 2 saturated heterocycles. The van der Waals surface area contributed by atoms with Gasteiger partial charge in [-0.3, -0.25) is 4.99 Å². The summed E-state index contributed by atoms with van der Waals surface area (Å²) in [7, 11) is 1.87. The van der Waals surface area contributed by atoms with Crippen LogP contribution in [0.4, 0.5) is 0 Å². The van der Waals surface area contributed by atoms with Crippen molar-refractivity contribution in [3.8, 4) is 0 Å². The highest BCUT2D eigenvalue weighted by Crippen LogP contribution is 2.36. The van der Waals surface area contributed by atoms with Crippen LogP contribution in [0.1, 0.15) is 46.0 Å². The van der Waals surface area contributed by atoms with Crippen LogP contribution in [0.3, 0.4) is 0 Å². The highest BCUT2D eigenvalue weighted by molar-refractivity contribution is 14.0. The number of hydrogen-bond donors (Lipinski definition) is 2. The molecule has 0 amide bonds. The van der Waals surface area contributed by atoms with Gasteiger partial charge in [0.25, 0.3) is 0 Å². The van der Waals surface area contributed by atoms with Gasteiger partial charge >= 0.3 is 0 Å². The molecule has 0 aromatic carbocycles. The quantitative estimate of drug-likeness (QED) is 0.368. The third kappa shape index (κ3) is 7.38. The lowest BCUT2D eigenvalue weighted by Gasteiger charge is -2.31. The Labute approximate surface area is 164 Å². The average Bonchev–Trinajstić information content (AvgIpc) is 2.98. The van der Waals surface area contributed by atoms with Crippen LogP contribution in [0.25, 0.3) is 0 Å². The Kier molecular flexibility index (Phi) is 10.2. The van der Waals surface area contributed by atoms with Gasteiger partial charge in [0.05, 0.1) is 0 Å². The Balaban J connectivity index is 0.00000264. The lowest BCUT2D eigenvalue weighted by atomic mass is 9.93. The maximum absolute atomic E-state index is 4.37. The molecule has 6 heteroatoms. The van der Waals surface area contributed by atoms with Crippen molar-refractivity contribution in [1.29, 1.82) is 0 Å². The molecule has 4 nitrogen and oxygen atoms in total. The highest BCUT2D eigenvalue weighted by atomic mass is 127. The first-order valence-electron chi connectivity index (χ1n) is 8.96. The van der Waals surface area contributed by atoms with E-state index >= 15 is 0 Å². The van der Waals surface area contributed by atoms with Gasteiger partial charge in [0.2, 0.25) is 0 Å². The van der Waals surface area contributed by atoms with Crippen LogP contribution in [-0.2, 0) is 0 Å². The van der Waals surface area contributed by atoms with E-state index in [0.29, 0.717) is 4.75 Å². The molecule has 2 aliphatic heterocycles.